The van der Waals surface area contributed by atoms with Gasteiger partial charge in [-0.15, -0.1) is 0 Å². The minimum Gasteiger partial charge on any atom is -0.467 e. The lowest BCUT2D eigenvalue weighted by molar-refractivity contribution is -0.151. The Kier molecular flexibility index (Phi) is 4.02. The Morgan fingerprint density at radius 3 is 2.73 bits per heavy atom. The van der Waals surface area contributed by atoms with E-state index in [2.05, 4.69) is 14.8 Å². The van der Waals surface area contributed by atoms with Gasteiger partial charge in [-0.1, -0.05) is 12.0 Å². The van der Waals surface area contributed by atoms with E-state index in [-0.39, 0.29) is 0 Å². The number of aliphatic hydroxyl groups is 1. The third-order valence-electron chi connectivity index (χ3n) is 1.13. The van der Waals surface area contributed by atoms with Crippen LogP contribution >= 0.6 is 0 Å². The number of carbonyl (C=O) groups excluding carboxylic acids is 1. The van der Waals surface area contributed by atoms with Gasteiger partial charge in [0.05, 0.1) is 13.2 Å². The zero-order chi connectivity index (χ0) is 8.85. The topological polar surface area (TPSA) is 95.3 Å². The number of nitrogens with zero attached hydrogens (tertiary/aromatic N) is 3. The number of esters is 1. The Balaban J connectivity index is 4.11. The smallest absolute Gasteiger partial charge is 0.335 e. The highest BCUT2D eigenvalue weighted by molar-refractivity contribution is 5.75. The highest BCUT2D eigenvalue weighted by Gasteiger charge is 2.21. The van der Waals surface area contributed by atoms with E-state index in [0.29, 0.717) is 0 Å². The third-order valence-corrected chi connectivity index (χ3v) is 1.13. The van der Waals surface area contributed by atoms with Gasteiger partial charge in [0, 0.05) is 4.91 Å². The lowest BCUT2D eigenvalue weighted by Gasteiger charge is -2.10. The average Bonchev–Trinajstić information content (AvgIpc) is 2.02. The quantitative estimate of drug-likeness (QED) is 0.276. The van der Waals surface area contributed by atoms with Crippen LogP contribution in [0.2, 0.25) is 0 Å². The van der Waals surface area contributed by atoms with Crippen molar-refractivity contribution < 1.29 is 14.6 Å². The second-order valence-corrected chi connectivity index (χ2v) is 1.91. The van der Waals surface area contributed by atoms with E-state index in [1.165, 1.54) is 6.92 Å². The fourth-order valence-electron chi connectivity index (χ4n) is 0.462. The van der Waals surface area contributed by atoms with Crippen LogP contribution in [0.25, 0.3) is 10.4 Å². The Hall–Kier alpha value is -1.26. The van der Waals surface area contributed by atoms with Crippen LogP contribution in [-0.4, -0.2) is 30.3 Å². The minimum absolute atomic E-state index is 0.799. The van der Waals surface area contributed by atoms with Crippen LogP contribution in [-0.2, 0) is 9.53 Å². The first-order valence-electron chi connectivity index (χ1n) is 2.93. The zero-order valence-electron chi connectivity index (χ0n) is 6.26. The molecule has 0 saturated carbocycles. The van der Waals surface area contributed by atoms with Crippen LogP contribution in [0.3, 0.4) is 0 Å². The van der Waals surface area contributed by atoms with Crippen molar-refractivity contribution in [3.8, 4) is 0 Å². The molecule has 0 fully saturated rings. The van der Waals surface area contributed by atoms with E-state index in [9.17, 15) is 4.79 Å². The van der Waals surface area contributed by atoms with Crippen molar-refractivity contribution in [2.24, 2.45) is 5.11 Å². The fourth-order valence-corrected chi connectivity index (χ4v) is 0.462. The molecule has 2 unspecified atom stereocenters. The number of aliphatic hydroxyl groups excluding tert-OH is 1. The molecule has 0 aliphatic heterocycles. The number of hydrogen-bond donors (Lipinski definition) is 1. The molecule has 0 aliphatic carbocycles. The van der Waals surface area contributed by atoms with E-state index in [1.807, 2.05) is 0 Å². The molecule has 0 spiro atoms. The molecule has 0 radical (unpaired) electrons. The summed E-state index contributed by atoms with van der Waals surface area (Å²) in [4.78, 5) is 13.0. The van der Waals surface area contributed by atoms with Crippen LogP contribution in [0.4, 0.5) is 0 Å². The van der Waals surface area contributed by atoms with E-state index >= 15 is 0 Å². The van der Waals surface area contributed by atoms with Crippen molar-refractivity contribution in [1.29, 1.82) is 0 Å². The molecule has 0 heterocycles. The van der Waals surface area contributed by atoms with E-state index in [0.717, 1.165) is 7.11 Å². The molecule has 0 saturated heterocycles. The Bertz CT molecular complexity index is 187. The van der Waals surface area contributed by atoms with Gasteiger partial charge in [-0.2, -0.15) is 0 Å². The Morgan fingerprint density at radius 1 is 1.82 bits per heavy atom. The molecule has 0 aromatic heterocycles. The average molecular weight is 159 g/mol. The molecular formula is C5H9N3O3. The van der Waals surface area contributed by atoms with E-state index < -0.39 is 18.1 Å². The van der Waals surface area contributed by atoms with Gasteiger partial charge < -0.3 is 9.84 Å². The molecule has 11 heavy (non-hydrogen) atoms. The first-order chi connectivity index (χ1) is 5.13. The number of methoxy groups -OCH3 is 1. The maximum Gasteiger partial charge on any atom is 0.335 e. The van der Waals surface area contributed by atoms with Crippen molar-refractivity contribution in [2.45, 2.75) is 19.1 Å². The molecule has 0 aromatic rings. The fraction of sp³-hybridized carbons (Fsp3) is 0.800. The van der Waals surface area contributed by atoms with Gasteiger partial charge in [0.2, 0.25) is 0 Å². The van der Waals surface area contributed by atoms with Crippen molar-refractivity contribution in [1.82, 2.24) is 0 Å². The summed E-state index contributed by atoms with van der Waals surface area (Å²) in [5, 5.41) is 12.1. The summed E-state index contributed by atoms with van der Waals surface area (Å²) in [6.07, 6.45) is -1.38. The third kappa shape index (κ3) is 2.88. The molecular weight excluding hydrogens is 150 g/mol. The van der Waals surface area contributed by atoms with Crippen LogP contribution < -0.4 is 0 Å². The second kappa shape index (κ2) is 4.54. The molecule has 0 amide bonds. The maximum atomic E-state index is 10.6. The van der Waals surface area contributed by atoms with Gasteiger partial charge in [0.25, 0.3) is 0 Å². The normalized spacial score (nSPS) is 14.5. The van der Waals surface area contributed by atoms with Gasteiger partial charge in [0.1, 0.15) is 0 Å². The predicted molar refractivity (Wildman–Crippen MR) is 36.6 cm³/mol. The van der Waals surface area contributed by atoms with E-state index in [1.54, 1.807) is 0 Å². The Morgan fingerprint density at radius 2 is 2.36 bits per heavy atom. The highest BCUT2D eigenvalue weighted by atomic mass is 16.5. The van der Waals surface area contributed by atoms with Crippen molar-refractivity contribution in [2.75, 3.05) is 7.11 Å². The maximum absolute atomic E-state index is 10.6. The first kappa shape index (κ1) is 9.74. The molecule has 6 heteroatoms. The second-order valence-electron chi connectivity index (χ2n) is 1.91. The van der Waals surface area contributed by atoms with Crippen LogP contribution in [0.15, 0.2) is 5.11 Å². The largest absolute Gasteiger partial charge is 0.467 e. The summed E-state index contributed by atoms with van der Waals surface area (Å²) in [7, 11) is 1.15. The molecule has 0 rings (SSSR count). The van der Waals surface area contributed by atoms with Gasteiger partial charge in [-0.25, -0.2) is 4.79 Å². The summed E-state index contributed by atoms with van der Waals surface area (Å²) in [6, 6.07) is -0.799. The lowest BCUT2D eigenvalue weighted by atomic mass is 10.2. The predicted octanol–water partition coefficient (Wildman–Crippen LogP) is 0.219. The van der Waals surface area contributed by atoms with Gasteiger partial charge in [-0.05, 0) is 5.53 Å². The standard InChI is InChI=1S/C5H9N3O3/c1-3(7-8-6)4(9)5(10)11-2/h3-4,9H,1-2H3. The summed E-state index contributed by atoms with van der Waals surface area (Å²) >= 11 is 0. The van der Waals surface area contributed by atoms with E-state index in [4.69, 9.17) is 10.6 Å². The number of rotatable bonds is 3. The summed E-state index contributed by atoms with van der Waals surface area (Å²) in [5.74, 6) is -0.801. The van der Waals surface area contributed by atoms with Crippen molar-refractivity contribution in [3.05, 3.63) is 10.4 Å². The van der Waals surface area contributed by atoms with Crippen molar-refractivity contribution >= 4 is 5.97 Å². The SMILES string of the molecule is COC(=O)C(O)C(C)N=[N+]=[N-]. The van der Waals surface area contributed by atoms with Crippen molar-refractivity contribution in [3.63, 3.8) is 0 Å². The zero-order valence-corrected chi connectivity index (χ0v) is 6.26. The summed E-state index contributed by atoms with van der Waals surface area (Å²) < 4.78 is 4.21. The van der Waals surface area contributed by atoms with Gasteiger partial charge in [-0.3, -0.25) is 0 Å². The van der Waals surface area contributed by atoms with Gasteiger partial charge >= 0.3 is 5.97 Å². The molecule has 0 bridgehead atoms. The molecule has 0 aliphatic rings. The van der Waals surface area contributed by atoms with Gasteiger partial charge in [0.15, 0.2) is 6.10 Å². The highest BCUT2D eigenvalue weighted by Crippen LogP contribution is 1.99. The number of hydrogen-bond acceptors (Lipinski definition) is 4. The number of carbonyl (C=O) groups is 1. The number of azide groups is 1. The van der Waals surface area contributed by atoms with Crippen LogP contribution in [0.1, 0.15) is 6.92 Å². The molecule has 62 valence electrons. The molecule has 0 aromatic carbocycles. The monoisotopic (exact) mass is 159 g/mol. The van der Waals surface area contributed by atoms with Crippen LogP contribution in [0.5, 0.6) is 0 Å². The first-order valence-corrected chi connectivity index (χ1v) is 2.93. The summed E-state index contributed by atoms with van der Waals surface area (Å²) in [5.41, 5.74) is 7.94. The minimum atomic E-state index is -1.38. The Labute approximate surface area is 63.4 Å². The molecule has 2 atom stereocenters. The number of ether oxygens (including phenoxy) is 1. The van der Waals surface area contributed by atoms with Crippen LogP contribution in [0, 0.1) is 0 Å². The summed E-state index contributed by atoms with van der Waals surface area (Å²) in [6.45, 7) is 1.42. The lowest BCUT2D eigenvalue weighted by Crippen LogP contribution is -2.31. The molecule has 6 nitrogen and oxygen atoms in total. The molecule has 1 N–H and O–H groups in total.